The molecular formula is C12H13ClN2OS. The third kappa shape index (κ3) is 2.15. The van der Waals surface area contributed by atoms with Gasteiger partial charge in [0.1, 0.15) is 0 Å². The molecule has 5 heteroatoms. The summed E-state index contributed by atoms with van der Waals surface area (Å²) in [4.78, 5) is 12.7. The molecule has 1 heterocycles. The van der Waals surface area contributed by atoms with Crippen molar-refractivity contribution in [2.45, 2.75) is 11.8 Å². The first kappa shape index (κ1) is 12.3. The number of aryl methyl sites for hydroxylation is 1. The Labute approximate surface area is 109 Å². The number of nitrogens with zero attached hydrogens (tertiary/aromatic N) is 1. The molecule has 17 heavy (non-hydrogen) atoms. The largest absolute Gasteiger partial charge is 0.295 e. The highest BCUT2D eigenvalue weighted by Gasteiger charge is 2.11. The average molecular weight is 269 g/mol. The third-order valence-electron chi connectivity index (χ3n) is 2.72. The number of benzene rings is 1. The van der Waals surface area contributed by atoms with Gasteiger partial charge in [-0.3, -0.25) is 14.6 Å². The molecule has 0 spiro atoms. The molecule has 2 aromatic rings. The van der Waals surface area contributed by atoms with Gasteiger partial charge in [-0.15, -0.1) is 11.8 Å². The number of aromatic nitrogens is 2. The predicted octanol–water partition coefficient (Wildman–Crippen LogP) is 3.06. The van der Waals surface area contributed by atoms with Crippen molar-refractivity contribution in [1.82, 2.24) is 9.78 Å². The number of rotatable bonds is 2. The van der Waals surface area contributed by atoms with Crippen LogP contribution in [0.1, 0.15) is 5.56 Å². The van der Waals surface area contributed by atoms with E-state index in [2.05, 4.69) is 5.10 Å². The lowest BCUT2D eigenvalue weighted by atomic mass is 10.1. The van der Waals surface area contributed by atoms with E-state index in [1.807, 2.05) is 31.4 Å². The van der Waals surface area contributed by atoms with Gasteiger partial charge in [-0.05, 0) is 25.3 Å². The van der Waals surface area contributed by atoms with E-state index in [1.54, 1.807) is 18.8 Å². The fourth-order valence-corrected chi connectivity index (χ4v) is 2.63. The smallest absolute Gasteiger partial charge is 0.269 e. The van der Waals surface area contributed by atoms with E-state index in [9.17, 15) is 4.79 Å². The Balaban J connectivity index is 2.57. The van der Waals surface area contributed by atoms with Gasteiger partial charge in [0.05, 0.1) is 10.7 Å². The van der Waals surface area contributed by atoms with Gasteiger partial charge in [0.15, 0.2) is 0 Å². The van der Waals surface area contributed by atoms with Crippen LogP contribution in [-0.2, 0) is 7.05 Å². The third-order valence-corrected chi connectivity index (χ3v) is 3.94. The van der Waals surface area contributed by atoms with E-state index in [4.69, 9.17) is 11.6 Å². The Morgan fingerprint density at radius 2 is 2.12 bits per heavy atom. The molecule has 0 aliphatic rings. The maximum Gasteiger partial charge on any atom is 0.269 e. The summed E-state index contributed by atoms with van der Waals surface area (Å²) in [6.07, 6.45) is 1.98. The Hall–Kier alpha value is -1.13. The van der Waals surface area contributed by atoms with Crippen molar-refractivity contribution < 1.29 is 0 Å². The fraction of sp³-hybridized carbons (Fsp3) is 0.250. The monoisotopic (exact) mass is 268 g/mol. The number of nitrogens with one attached hydrogen (secondary N) is 1. The summed E-state index contributed by atoms with van der Waals surface area (Å²) < 4.78 is 1.47. The number of hydrogen-bond donors (Lipinski definition) is 1. The molecule has 0 saturated carbocycles. The van der Waals surface area contributed by atoms with Crippen LogP contribution in [0.3, 0.4) is 0 Å². The van der Waals surface area contributed by atoms with E-state index >= 15 is 0 Å². The standard InChI is InChI=1S/C12H13ClN2OS/c1-7-11(14-15(2)12(7)16)8-4-5-10(17-3)9(13)6-8/h4-6,14H,1-3H3. The van der Waals surface area contributed by atoms with Gasteiger partial charge < -0.3 is 0 Å². The summed E-state index contributed by atoms with van der Waals surface area (Å²) in [5, 5.41) is 3.74. The minimum absolute atomic E-state index is 0.00920. The molecule has 0 fully saturated rings. The van der Waals surface area contributed by atoms with Crippen molar-refractivity contribution in [3.63, 3.8) is 0 Å². The van der Waals surface area contributed by atoms with Gasteiger partial charge in [-0.1, -0.05) is 17.7 Å². The van der Waals surface area contributed by atoms with Crippen molar-refractivity contribution >= 4 is 23.4 Å². The van der Waals surface area contributed by atoms with Crippen LogP contribution in [0.4, 0.5) is 0 Å². The average Bonchev–Trinajstić information content (AvgIpc) is 2.57. The highest BCUT2D eigenvalue weighted by Crippen LogP contribution is 2.30. The number of hydrogen-bond acceptors (Lipinski definition) is 2. The maximum atomic E-state index is 11.7. The summed E-state index contributed by atoms with van der Waals surface area (Å²) in [5.41, 5.74) is 2.46. The topological polar surface area (TPSA) is 37.8 Å². The van der Waals surface area contributed by atoms with Crippen LogP contribution >= 0.6 is 23.4 Å². The quantitative estimate of drug-likeness (QED) is 0.850. The van der Waals surface area contributed by atoms with Gasteiger partial charge in [0.25, 0.3) is 5.56 Å². The molecular weight excluding hydrogens is 256 g/mol. The van der Waals surface area contributed by atoms with Crippen molar-refractivity contribution in [1.29, 1.82) is 0 Å². The second kappa shape index (κ2) is 4.63. The van der Waals surface area contributed by atoms with Crippen LogP contribution in [0.2, 0.25) is 5.02 Å². The van der Waals surface area contributed by atoms with Gasteiger partial charge in [0.2, 0.25) is 0 Å². The summed E-state index contributed by atoms with van der Waals surface area (Å²) in [7, 11) is 1.71. The molecule has 1 N–H and O–H groups in total. The molecule has 0 unspecified atom stereocenters. The maximum absolute atomic E-state index is 11.7. The van der Waals surface area contributed by atoms with E-state index in [1.165, 1.54) is 4.68 Å². The zero-order valence-electron chi connectivity index (χ0n) is 9.87. The second-order valence-electron chi connectivity index (χ2n) is 3.83. The molecule has 3 nitrogen and oxygen atoms in total. The SMILES string of the molecule is CSc1ccc(-c2[nH]n(C)c(=O)c2C)cc1Cl. The Bertz CT molecular complexity index is 615. The Morgan fingerprint density at radius 3 is 2.59 bits per heavy atom. The van der Waals surface area contributed by atoms with E-state index in [0.29, 0.717) is 10.6 Å². The molecule has 0 saturated heterocycles. The van der Waals surface area contributed by atoms with Crippen molar-refractivity contribution in [2.75, 3.05) is 6.26 Å². The molecule has 0 bridgehead atoms. The first-order valence-electron chi connectivity index (χ1n) is 5.14. The van der Waals surface area contributed by atoms with Crippen LogP contribution in [0.15, 0.2) is 27.9 Å². The molecule has 0 radical (unpaired) electrons. The molecule has 0 aliphatic carbocycles. The van der Waals surface area contributed by atoms with Crippen LogP contribution in [0.5, 0.6) is 0 Å². The molecule has 2 rings (SSSR count). The van der Waals surface area contributed by atoms with Crippen molar-refractivity contribution in [2.24, 2.45) is 7.05 Å². The lowest BCUT2D eigenvalue weighted by Crippen LogP contribution is -2.12. The highest BCUT2D eigenvalue weighted by molar-refractivity contribution is 7.98. The number of aromatic amines is 1. The predicted molar refractivity (Wildman–Crippen MR) is 73.0 cm³/mol. The molecule has 90 valence electrons. The van der Waals surface area contributed by atoms with Gasteiger partial charge in [-0.25, -0.2) is 0 Å². The van der Waals surface area contributed by atoms with Crippen LogP contribution in [-0.4, -0.2) is 16.0 Å². The van der Waals surface area contributed by atoms with E-state index in [-0.39, 0.29) is 5.56 Å². The van der Waals surface area contributed by atoms with Crippen LogP contribution in [0, 0.1) is 6.92 Å². The number of thioether (sulfide) groups is 1. The Morgan fingerprint density at radius 1 is 1.41 bits per heavy atom. The normalized spacial score (nSPS) is 10.8. The van der Waals surface area contributed by atoms with Crippen molar-refractivity contribution in [3.05, 3.63) is 39.1 Å². The molecule has 0 atom stereocenters. The summed E-state index contributed by atoms with van der Waals surface area (Å²) in [6, 6.07) is 5.81. The highest BCUT2D eigenvalue weighted by atomic mass is 35.5. The van der Waals surface area contributed by atoms with E-state index in [0.717, 1.165) is 16.2 Å². The van der Waals surface area contributed by atoms with Crippen LogP contribution in [0.25, 0.3) is 11.3 Å². The first-order valence-corrected chi connectivity index (χ1v) is 6.74. The molecule has 0 amide bonds. The zero-order chi connectivity index (χ0) is 12.6. The van der Waals surface area contributed by atoms with Crippen molar-refractivity contribution in [3.8, 4) is 11.3 Å². The van der Waals surface area contributed by atoms with Crippen LogP contribution < -0.4 is 5.56 Å². The van der Waals surface area contributed by atoms with Gasteiger partial charge >= 0.3 is 0 Å². The van der Waals surface area contributed by atoms with Gasteiger partial charge in [-0.2, -0.15) is 0 Å². The summed E-state index contributed by atoms with van der Waals surface area (Å²) in [6.45, 7) is 1.81. The minimum Gasteiger partial charge on any atom is -0.295 e. The number of halogens is 1. The lowest BCUT2D eigenvalue weighted by molar-refractivity contribution is 0.741. The van der Waals surface area contributed by atoms with Gasteiger partial charge in [0, 0.05) is 23.1 Å². The molecule has 0 aliphatic heterocycles. The zero-order valence-corrected chi connectivity index (χ0v) is 11.4. The summed E-state index contributed by atoms with van der Waals surface area (Å²) in [5.74, 6) is 0. The Kier molecular flexibility index (Phi) is 3.35. The minimum atomic E-state index is -0.00920. The molecule has 1 aromatic heterocycles. The number of H-pyrrole nitrogens is 1. The fourth-order valence-electron chi connectivity index (χ4n) is 1.76. The molecule has 1 aromatic carbocycles. The van der Waals surface area contributed by atoms with E-state index < -0.39 is 0 Å². The lowest BCUT2D eigenvalue weighted by Gasteiger charge is -2.04. The second-order valence-corrected chi connectivity index (χ2v) is 5.08. The first-order chi connectivity index (χ1) is 8.04. The summed E-state index contributed by atoms with van der Waals surface area (Å²) >= 11 is 7.76.